The number of amides is 1. The molecule has 20 heavy (non-hydrogen) atoms. The van der Waals surface area contributed by atoms with Gasteiger partial charge in [-0.1, -0.05) is 25.1 Å². The summed E-state index contributed by atoms with van der Waals surface area (Å²) in [5.41, 5.74) is -0.568. The minimum Gasteiger partial charge on any atom is -0.337 e. The van der Waals surface area contributed by atoms with Gasteiger partial charge < -0.3 is 10.2 Å². The Morgan fingerprint density at radius 1 is 1.30 bits per heavy atom. The highest BCUT2D eigenvalue weighted by Gasteiger charge is 2.33. The second-order valence-electron chi connectivity index (χ2n) is 4.45. The van der Waals surface area contributed by atoms with Gasteiger partial charge in [0, 0.05) is 26.6 Å². The Morgan fingerprint density at radius 3 is 2.50 bits per heavy atom. The number of likely N-dealkylation sites (N-methyl/N-ethyl adjacent to an activating group) is 1. The Balaban J connectivity index is 2.86. The van der Waals surface area contributed by atoms with E-state index in [0.717, 1.165) is 12.6 Å². The van der Waals surface area contributed by atoms with Crippen LogP contribution < -0.4 is 5.32 Å². The van der Waals surface area contributed by atoms with Gasteiger partial charge in [0.1, 0.15) is 0 Å². The minimum absolute atomic E-state index is 0.0313. The molecule has 0 bridgehead atoms. The lowest BCUT2D eigenvalue weighted by molar-refractivity contribution is -0.139. The van der Waals surface area contributed by atoms with Crippen molar-refractivity contribution in [2.45, 2.75) is 26.6 Å². The van der Waals surface area contributed by atoms with Crippen molar-refractivity contribution in [3.05, 3.63) is 35.4 Å². The van der Waals surface area contributed by atoms with Gasteiger partial charge in [0.25, 0.3) is 0 Å². The molecule has 0 saturated carbocycles. The fraction of sp³-hybridized carbons (Fsp3) is 0.500. The number of carbonyl (C=O) groups is 1. The zero-order valence-corrected chi connectivity index (χ0v) is 11.6. The van der Waals surface area contributed by atoms with E-state index < -0.39 is 11.7 Å². The number of nitrogens with one attached hydrogen (secondary N) is 1. The van der Waals surface area contributed by atoms with Crippen LogP contribution in [0.4, 0.5) is 13.2 Å². The summed E-state index contributed by atoms with van der Waals surface area (Å²) in [4.78, 5) is 12.9. The molecule has 0 aliphatic carbocycles. The third-order valence-corrected chi connectivity index (χ3v) is 2.94. The summed E-state index contributed by atoms with van der Waals surface area (Å²) < 4.78 is 38.7. The molecule has 0 fully saturated rings. The summed E-state index contributed by atoms with van der Waals surface area (Å²) >= 11 is 0. The molecular weight excluding hydrogens is 269 g/mol. The van der Waals surface area contributed by atoms with Gasteiger partial charge in [-0.15, -0.1) is 0 Å². The molecule has 0 aromatic heterocycles. The number of carbonyl (C=O) groups excluding carboxylic acids is 1. The van der Waals surface area contributed by atoms with E-state index in [2.05, 4.69) is 5.32 Å². The lowest BCUT2D eigenvalue weighted by Gasteiger charge is -2.23. The van der Waals surface area contributed by atoms with E-state index in [-0.39, 0.29) is 18.0 Å². The van der Waals surface area contributed by atoms with Crippen LogP contribution in [0.15, 0.2) is 24.3 Å². The fourth-order valence-electron chi connectivity index (χ4n) is 1.88. The highest BCUT2D eigenvalue weighted by atomic mass is 19.4. The monoisotopic (exact) mass is 288 g/mol. The van der Waals surface area contributed by atoms with Gasteiger partial charge in [0.2, 0.25) is 5.91 Å². The predicted molar refractivity (Wildman–Crippen MR) is 71.1 cm³/mol. The first kappa shape index (κ1) is 16.5. The molecule has 0 spiro atoms. The fourth-order valence-corrected chi connectivity index (χ4v) is 1.88. The van der Waals surface area contributed by atoms with Gasteiger partial charge in [-0.25, -0.2) is 0 Å². The Morgan fingerprint density at radius 2 is 1.95 bits per heavy atom. The third-order valence-electron chi connectivity index (χ3n) is 2.94. The quantitative estimate of drug-likeness (QED) is 0.816. The van der Waals surface area contributed by atoms with Crippen molar-refractivity contribution in [3.63, 3.8) is 0 Å². The van der Waals surface area contributed by atoms with Gasteiger partial charge in [0.15, 0.2) is 0 Å². The molecule has 3 nitrogen and oxygen atoms in total. The number of benzene rings is 1. The van der Waals surface area contributed by atoms with E-state index in [9.17, 15) is 18.0 Å². The van der Waals surface area contributed by atoms with Gasteiger partial charge in [-0.3, -0.25) is 4.79 Å². The average molecular weight is 288 g/mol. The first-order chi connectivity index (χ1) is 9.36. The maximum Gasteiger partial charge on any atom is 0.416 e. The summed E-state index contributed by atoms with van der Waals surface area (Å²) in [6, 6.07) is 5.35. The second-order valence-corrected chi connectivity index (χ2v) is 4.45. The molecule has 0 unspecified atom stereocenters. The van der Waals surface area contributed by atoms with Crippen LogP contribution in [0.5, 0.6) is 0 Å². The summed E-state index contributed by atoms with van der Waals surface area (Å²) in [6.45, 7) is 4.96. The standard InChI is InChI=1S/C14H19F3N2O/c1-3-18-8-9-19(11(2)20)10-12-6-4-5-7-13(12)14(15,16)17/h4-7,18H,3,8-10H2,1-2H3. The van der Waals surface area contributed by atoms with E-state index in [1.165, 1.54) is 24.0 Å². The van der Waals surface area contributed by atoms with Gasteiger partial charge in [0.05, 0.1) is 5.56 Å². The molecule has 1 N–H and O–H groups in total. The molecule has 112 valence electrons. The van der Waals surface area contributed by atoms with Crippen molar-refractivity contribution >= 4 is 5.91 Å². The first-order valence-corrected chi connectivity index (χ1v) is 6.47. The lowest BCUT2D eigenvalue weighted by atomic mass is 10.1. The van der Waals surface area contributed by atoms with Crippen LogP contribution in [-0.4, -0.2) is 30.4 Å². The molecule has 0 radical (unpaired) electrons. The number of hydrogen-bond acceptors (Lipinski definition) is 2. The first-order valence-electron chi connectivity index (χ1n) is 6.47. The molecule has 1 amide bonds. The van der Waals surface area contributed by atoms with Crippen LogP contribution in [0.2, 0.25) is 0 Å². The number of nitrogens with zero attached hydrogens (tertiary/aromatic N) is 1. The lowest BCUT2D eigenvalue weighted by Crippen LogP contribution is -2.35. The smallest absolute Gasteiger partial charge is 0.337 e. The predicted octanol–water partition coefficient (Wildman–Crippen LogP) is 2.66. The summed E-state index contributed by atoms with van der Waals surface area (Å²) in [5, 5.41) is 3.05. The Kier molecular flexibility index (Phi) is 6.01. The number of alkyl halides is 3. The van der Waals surface area contributed by atoms with E-state index in [1.54, 1.807) is 6.07 Å². The van der Waals surface area contributed by atoms with Gasteiger partial charge >= 0.3 is 6.18 Å². The summed E-state index contributed by atoms with van der Waals surface area (Å²) in [5.74, 6) is -0.236. The van der Waals surface area contributed by atoms with Crippen molar-refractivity contribution in [1.29, 1.82) is 0 Å². The summed E-state index contributed by atoms with van der Waals surface area (Å²) in [6.07, 6.45) is -4.40. The number of rotatable bonds is 6. The third kappa shape index (κ3) is 4.85. The van der Waals surface area contributed by atoms with Crippen molar-refractivity contribution in [2.24, 2.45) is 0 Å². The van der Waals surface area contributed by atoms with Crippen molar-refractivity contribution in [3.8, 4) is 0 Å². The molecule has 1 aromatic carbocycles. The van der Waals surface area contributed by atoms with Crippen molar-refractivity contribution in [1.82, 2.24) is 10.2 Å². The molecule has 0 aliphatic heterocycles. The van der Waals surface area contributed by atoms with Crippen LogP contribution in [0.25, 0.3) is 0 Å². The largest absolute Gasteiger partial charge is 0.416 e. The van der Waals surface area contributed by atoms with Crippen molar-refractivity contribution in [2.75, 3.05) is 19.6 Å². The minimum atomic E-state index is -4.40. The van der Waals surface area contributed by atoms with Gasteiger partial charge in [-0.2, -0.15) is 13.2 Å². The van der Waals surface area contributed by atoms with E-state index in [0.29, 0.717) is 13.1 Å². The second kappa shape index (κ2) is 7.28. The molecule has 6 heteroatoms. The van der Waals surface area contributed by atoms with E-state index >= 15 is 0 Å². The zero-order valence-electron chi connectivity index (χ0n) is 11.6. The number of hydrogen-bond donors (Lipinski definition) is 1. The number of halogens is 3. The highest BCUT2D eigenvalue weighted by molar-refractivity contribution is 5.73. The van der Waals surface area contributed by atoms with E-state index in [1.807, 2.05) is 6.92 Å². The van der Waals surface area contributed by atoms with Crippen LogP contribution in [0, 0.1) is 0 Å². The zero-order chi connectivity index (χ0) is 15.2. The van der Waals surface area contributed by atoms with Crippen LogP contribution in [0.1, 0.15) is 25.0 Å². The van der Waals surface area contributed by atoms with Crippen LogP contribution in [0.3, 0.4) is 0 Å². The van der Waals surface area contributed by atoms with Crippen LogP contribution >= 0.6 is 0 Å². The maximum atomic E-state index is 12.9. The SMILES string of the molecule is CCNCCN(Cc1ccccc1C(F)(F)F)C(C)=O. The average Bonchev–Trinajstić information content (AvgIpc) is 2.37. The molecule has 0 atom stereocenters. The molecule has 1 aromatic rings. The van der Waals surface area contributed by atoms with E-state index in [4.69, 9.17) is 0 Å². The molecule has 0 saturated heterocycles. The maximum absolute atomic E-state index is 12.9. The Bertz CT molecular complexity index is 446. The summed E-state index contributed by atoms with van der Waals surface area (Å²) in [7, 11) is 0. The highest BCUT2D eigenvalue weighted by Crippen LogP contribution is 2.32. The molecular formula is C14H19F3N2O. The Labute approximate surface area is 116 Å². The normalized spacial score (nSPS) is 11.4. The molecule has 0 aliphatic rings. The Hall–Kier alpha value is -1.56. The topological polar surface area (TPSA) is 32.3 Å². The van der Waals surface area contributed by atoms with Gasteiger partial charge in [-0.05, 0) is 18.2 Å². The van der Waals surface area contributed by atoms with Crippen molar-refractivity contribution < 1.29 is 18.0 Å². The molecule has 1 rings (SSSR count). The molecule has 0 heterocycles. The van der Waals surface area contributed by atoms with Crippen LogP contribution in [-0.2, 0) is 17.5 Å².